The van der Waals surface area contributed by atoms with Crippen LogP contribution in [0.2, 0.25) is 0 Å². The molecular formula is C13H20N2O7. The number of carboxylic acids is 3. The highest BCUT2D eigenvalue weighted by atomic mass is 16.4. The summed E-state index contributed by atoms with van der Waals surface area (Å²) >= 11 is 0. The fourth-order valence-electron chi connectivity index (χ4n) is 1.89. The Bertz CT molecular complexity index is 448. The van der Waals surface area contributed by atoms with Gasteiger partial charge in [0.25, 0.3) is 0 Å². The summed E-state index contributed by atoms with van der Waals surface area (Å²) in [5.41, 5.74) is 0. The Balaban J connectivity index is 2.58. The van der Waals surface area contributed by atoms with E-state index < -0.39 is 35.9 Å². The van der Waals surface area contributed by atoms with Gasteiger partial charge in [-0.15, -0.1) is 0 Å². The number of nitrogens with one attached hydrogen (secondary N) is 2. The highest BCUT2D eigenvalue weighted by molar-refractivity contribution is 5.87. The maximum absolute atomic E-state index is 12.1. The van der Waals surface area contributed by atoms with Crippen molar-refractivity contribution >= 4 is 23.8 Å². The van der Waals surface area contributed by atoms with E-state index in [1.54, 1.807) is 0 Å². The van der Waals surface area contributed by atoms with Crippen LogP contribution in [0.15, 0.2) is 0 Å². The minimum absolute atomic E-state index is 0.0446. The van der Waals surface area contributed by atoms with Gasteiger partial charge in [-0.1, -0.05) is 0 Å². The van der Waals surface area contributed by atoms with E-state index in [1.807, 2.05) is 0 Å². The summed E-state index contributed by atoms with van der Waals surface area (Å²) in [6.45, 7) is 0. The number of carbonyl (C=O) groups is 4. The molecule has 1 amide bonds. The third-order valence-corrected chi connectivity index (χ3v) is 3.24. The fourth-order valence-corrected chi connectivity index (χ4v) is 1.89. The van der Waals surface area contributed by atoms with Crippen molar-refractivity contribution in [3.05, 3.63) is 0 Å². The Hall–Kier alpha value is -2.16. The number of carbonyl (C=O) groups excluding carboxylic acids is 1. The molecule has 0 aromatic rings. The predicted molar refractivity (Wildman–Crippen MR) is 73.3 cm³/mol. The van der Waals surface area contributed by atoms with Gasteiger partial charge < -0.3 is 26.0 Å². The van der Waals surface area contributed by atoms with Crippen LogP contribution in [0, 0.1) is 0 Å². The highest BCUT2D eigenvalue weighted by Crippen LogP contribution is 2.20. The second-order valence-corrected chi connectivity index (χ2v) is 5.26. The third kappa shape index (κ3) is 7.02. The monoisotopic (exact) mass is 316 g/mol. The first-order chi connectivity index (χ1) is 10.3. The Morgan fingerprint density at radius 2 is 1.41 bits per heavy atom. The largest absolute Gasteiger partial charge is 0.481 e. The lowest BCUT2D eigenvalue weighted by Crippen LogP contribution is -2.51. The van der Waals surface area contributed by atoms with Crippen LogP contribution >= 0.6 is 0 Å². The predicted octanol–water partition coefficient (Wildman–Crippen LogP) is -0.594. The quantitative estimate of drug-likeness (QED) is 0.339. The molecule has 2 atom stereocenters. The van der Waals surface area contributed by atoms with Crippen LogP contribution in [-0.2, 0) is 19.2 Å². The number of hydrogen-bond donors (Lipinski definition) is 5. The molecule has 0 bridgehead atoms. The smallest absolute Gasteiger partial charge is 0.326 e. The molecule has 124 valence electrons. The molecule has 1 saturated carbocycles. The summed E-state index contributed by atoms with van der Waals surface area (Å²) in [5, 5.41) is 31.5. The van der Waals surface area contributed by atoms with Crippen LogP contribution in [-0.4, -0.2) is 57.3 Å². The number of amides is 1. The van der Waals surface area contributed by atoms with Crippen LogP contribution in [0.1, 0.15) is 38.5 Å². The zero-order valence-corrected chi connectivity index (χ0v) is 11.9. The molecule has 22 heavy (non-hydrogen) atoms. The van der Waals surface area contributed by atoms with Gasteiger partial charge in [0.1, 0.15) is 6.04 Å². The molecule has 0 heterocycles. The SMILES string of the molecule is O=C(O)CCC(NC(=O)C(CCC(=O)O)NC1CC1)C(=O)O. The number of carboxylic acid groups (broad SMARTS) is 3. The van der Waals surface area contributed by atoms with Crippen LogP contribution in [0.4, 0.5) is 0 Å². The zero-order valence-electron chi connectivity index (χ0n) is 11.9. The Kier molecular flexibility index (Phi) is 6.77. The topological polar surface area (TPSA) is 153 Å². The van der Waals surface area contributed by atoms with Crippen molar-refractivity contribution < 1.29 is 34.5 Å². The molecule has 0 aliphatic heterocycles. The summed E-state index contributed by atoms with van der Waals surface area (Å²) in [6, 6.07) is -1.96. The molecule has 1 fully saturated rings. The summed E-state index contributed by atoms with van der Waals surface area (Å²) in [7, 11) is 0. The van der Waals surface area contributed by atoms with Gasteiger partial charge in [0, 0.05) is 18.9 Å². The average Bonchev–Trinajstić information content (AvgIpc) is 3.22. The lowest BCUT2D eigenvalue weighted by molar-refractivity contribution is -0.144. The van der Waals surface area contributed by atoms with E-state index in [4.69, 9.17) is 15.3 Å². The molecule has 0 aromatic carbocycles. The minimum atomic E-state index is -1.32. The van der Waals surface area contributed by atoms with E-state index in [9.17, 15) is 19.2 Å². The Morgan fingerprint density at radius 3 is 1.82 bits per heavy atom. The standard InChI is InChI=1S/C13H20N2O7/c16-10(17)5-3-8(14-7-1-2-7)12(20)15-9(13(21)22)4-6-11(18)19/h7-9,14H,1-6H2,(H,15,20)(H,16,17)(H,18,19)(H,21,22). The van der Waals surface area contributed by atoms with E-state index in [0.717, 1.165) is 12.8 Å². The molecule has 0 spiro atoms. The molecule has 0 saturated heterocycles. The second kappa shape index (κ2) is 8.32. The zero-order chi connectivity index (χ0) is 16.7. The Morgan fingerprint density at radius 1 is 0.909 bits per heavy atom. The summed E-state index contributed by atoms with van der Waals surface area (Å²) in [4.78, 5) is 44.3. The number of aliphatic carboxylic acids is 3. The van der Waals surface area contributed by atoms with Gasteiger partial charge >= 0.3 is 17.9 Å². The lowest BCUT2D eigenvalue weighted by atomic mass is 10.1. The van der Waals surface area contributed by atoms with Gasteiger partial charge in [-0.2, -0.15) is 0 Å². The number of hydrogen-bond acceptors (Lipinski definition) is 5. The van der Waals surface area contributed by atoms with Crippen molar-refractivity contribution in [3.63, 3.8) is 0 Å². The van der Waals surface area contributed by atoms with E-state index in [1.165, 1.54) is 0 Å². The maximum atomic E-state index is 12.1. The van der Waals surface area contributed by atoms with Gasteiger partial charge in [-0.3, -0.25) is 14.4 Å². The molecule has 1 aliphatic rings. The average molecular weight is 316 g/mol. The minimum Gasteiger partial charge on any atom is -0.481 e. The van der Waals surface area contributed by atoms with Crippen molar-refractivity contribution in [1.82, 2.24) is 10.6 Å². The van der Waals surface area contributed by atoms with Crippen molar-refractivity contribution in [2.24, 2.45) is 0 Å². The second-order valence-electron chi connectivity index (χ2n) is 5.26. The molecular weight excluding hydrogens is 296 g/mol. The van der Waals surface area contributed by atoms with E-state index in [2.05, 4.69) is 10.6 Å². The molecule has 0 aromatic heterocycles. The van der Waals surface area contributed by atoms with Crippen molar-refractivity contribution in [2.75, 3.05) is 0 Å². The van der Waals surface area contributed by atoms with Gasteiger partial charge in [-0.05, 0) is 25.7 Å². The van der Waals surface area contributed by atoms with Gasteiger partial charge in [-0.25, -0.2) is 4.79 Å². The van der Waals surface area contributed by atoms with Crippen LogP contribution in [0.5, 0.6) is 0 Å². The summed E-state index contributed by atoms with van der Waals surface area (Å²) in [6.07, 6.45) is 0.989. The normalized spacial score (nSPS) is 16.5. The summed E-state index contributed by atoms with van der Waals surface area (Å²) < 4.78 is 0. The van der Waals surface area contributed by atoms with Crippen LogP contribution < -0.4 is 10.6 Å². The first-order valence-corrected chi connectivity index (χ1v) is 7.02. The highest BCUT2D eigenvalue weighted by Gasteiger charge is 2.31. The molecule has 2 unspecified atom stereocenters. The summed E-state index contributed by atoms with van der Waals surface area (Å²) in [5.74, 6) is -4.14. The van der Waals surface area contributed by atoms with E-state index >= 15 is 0 Å². The maximum Gasteiger partial charge on any atom is 0.326 e. The van der Waals surface area contributed by atoms with E-state index in [0.29, 0.717) is 0 Å². The number of rotatable bonds is 11. The van der Waals surface area contributed by atoms with Gasteiger partial charge in [0.2, 0.25) is 5.91 Å². The molecule has 1 rings (SSSR count). The fraction of sp³-hybridized carbons (Fsp3) is 0.692. The molecule has 0 radical (unpaired) electrons. The first kappa shape index (κ1) is 17.9. The Labute approximate surface area is 126 Å². The molecule has 5 N–H and O–H groups in total. The lowest BCUT2D eigenvalue weighted by Gasteiger charge is -2.20. The molecule has 9 heteroatoms. The van der Waals surface area contributed by atoms with Crippen molar-refractivity contribution in [3.8, 4) is 0 Å². The molecule has 1 aliphatic carbocycles. The van der Waals surface area contributed by atoms with Gasteiger partial charge in [0.15, 0.2) is 0 Å². The van der Waals surface area contributed by atoms with Crippen molar-refractivity contribution in [1.29, 1.82) is 0 Å². The van der Waals surface area contributed by atoms with Crippen LogP contribution in [0.25, 0.3) is 0 Å². The van der Waals surface area contributed by atoms with E-state index in [-0.39, 0.29) is 31.7 Å². The first-order valence-electron chi connectivity index (χ1n) is 7.02. The molecule has 9 nitrogen and oxygen atoms in total. The van der Waals surface area contributed by atoms with Crippen molar-refractivity contribution in [2.45, 2.75) is 56.7 Å². The van der Waals surface area contributed by atoms with Crippen LogP contribution in [0.3, 0.4) is 0 Å². The van der Waals surface area contributed by atoms with Gasteiger partial charge in [0.05, 0.1) is 6.04 Å². The third-order valence-electron chi connectivity index (χ3n) is 3.24.